The second kappa shape index (κ2) is 5.05. The molecule has 1 aromatic carbocycles. The molecule has 1 saturated carbocycles. The maximum atomic E-state index is 11.9. The Morgan fingerprint density at radius 3 is 2.95 bits per heavy atom. The van der Waals surface area contributed by atoms with Crippen LogP contribution in [0.4, 0.5) is 0 Å². The molecule has 4 nitrogen and oxygen atoms in total. The minimum Gasteiger partial charge on any atom is -0.354 e. The van der Waals surface area contributed by atoms with E-state index in [1.54, 1.807) is 0 Å². The van der Waals surface area contributed by atoms with E-state index in [4.69, 9.17) is 5.73 Å². The Morgan fingerprint density at radius 2 is 2.21 bits per heavy atom. The van der Waals surface area contributed by atoms with E-state index in [-0.39, 0.29) is 5.91 Å². The van der Waals surface area contributed by atoms with Crippen molar-refractivity contribution in [2.75, 3.05) is 6.54 Å². The smallest absolute Gasteiger partial charge is 0.239 e. The SMILES string of the molecule is NCc1ccc2ccn(CC(=O)NCC3CC3)c2c1. The van der Waals surface area contributed by atoms with E-state index in [1.165, 1.54) is 12.8 Å². The molecule has 1 aromatic heterocycles. The van der Waals surface area contributed by atoms with Gasteiger partial charge in [0.25, 0.3) is 0 Å². The van der Waals surface area contributed by atoms with Gasteiger partial charge in [-0.3, -0.25) is 4.79 Å². The molecule has 1 fully saturated rings. The van der Waals surface area contributed by atoms with E-state index in [1.807, 2.05) is 22.9 Å². The van der Waals surface area contributed by atoms with Crippen LogP contribution in [-0.2, 0) is 17.9 Å². The predicted molar refractivity (Wildman–Crippen MR) is 75.6 cm³/mol. The van der Waals surface area contributed by atoms with Crippen molar-refractivity contribution < 1.29 is 4.79 Å². The normalized spacial score (nSPS) is 14.8. The molecule has 3 N–H and O–H groups in total. The summed E-state index contributed by atoms with van der Waals surface area (Å²) in [5.41, 5.74) is 7.82. The van der Waals surface area contributed by atoms with E-state index in [9.17, 15) is 4.79 Å². The molecule has 19 heavy (non-hydrogen) atoms. The van der Waals surface area contributed by atoms with Crippen LogP contribution in [0.25, 0.3) is 10.9 Å². The van der Waals surface area contributed by atoms with Gasteiger partial charge >= 0.3 is 0 Å². The molecule has 100 valence electrons. The maximum Gasteiger partial charge on any atom is 0.239 e. The summed E-state index contributed by atoms with van der Waals surface area (Å²) in [5, 5.41) is 4.14. The van der Waals surface area contributed by atoms with Crippen LogP contribution in [0.3, 0.4) is 0 Å². The second-order valence-corrected chi connectivity index (χ2v) is 5.29. The van der Waals surface area contributed by atoms with Gasteiger partial charge in [0.2, 0.25) is 5.91 Å². The van der Waals surface area contributed by atoms with Gasteiger partial charge in [-0.2, -0.15) is 0 Å². The lowest BCUT2D eigenvalue weighted by atomic mass is 10.1. The number of rotatable bonds is 5. The van der Waals surface area contributed by atoms with Crippen LogP contribution in [0.2, 0.25) is 0 Å². The monoisotopic (exact) mass is 257 g/mol. The molecule has 0 spiro atoms. The van der Waals surface area contributed by atoms with Gasteiger partial charge in [0.05, 0.1) is 0 Å². The van der Waals surface area contributed by atoms with E-state index in [0.717, 1.165) is 23.0 Å². The number of nitrogens with two attached hydrogens (primary N) is 1. The number of benzene rings is 1. The molecule has 0 radical (unpaired) electrons. The van der Waals surface area contributed by atoms with Crippen molar-refractivity contribution in [2.24, 2.45) is 11.7 Å². The van der Waals surface area contributed by atoms with Gasteiger partial charge in [-0.15, -0.1) is 0 Å². The van der Waals surface area contributed by atoms with E-state index < -0.39 is 0 Å². The zero-order chi connectivity index (χ0) is 13.2. The summed E-state index contributed by atoms with van der Waals surface area (Å²) in [4.78, 5) is 11.9. The van der Waals surface area contributed by atoms with Gasteiger partial charge in [0, 0.05) is 24.8 Å². The first-order chi connectivity index (χ1) is 9.26. The minimum absolute atomic E-state index is 0.0857. The molecular formula is C15H19N3O. The number of carbonyl (C=O) groups excluding carboxylic acids is 1. The molecule has 3 rings (SSSR count). The highest BCUT2D eigenvalue weighted by Crippen LogP contribution is 2.27. The topological polar surface area (TPSA) is 60.0 Å². The fraction of sp³-hybridized carbons (Fsp3) is 0.400. The number of nitrogens with one attached hydrogen (secondary N) is 1. The maximum absolute atomic E-state index is 11.9. The number of carbonyl (C=O) groups is 1. The second-order valence-electron chi connectivity index (χ2n) is 5.29. The van der Waals surface area contributed by atoms with Gasteiger partial charge in [-0.25, -0.2) is 0 Å². The Morgan fingerprint density at radius 1 is 1.37 bits per heavy atom. The molecule has 1 amide bonds. The Labute approximate surface area is 112 Å². The largest absolute Gasteiger partial charge is 0.354 e. The van der Waals surface area contributed by atoms with Crippen molar-refractivity contribution in [3.8, 4) is 0 Å². The predicted octanol–water partition coefficient (Wildman–Crippen LogP) is 1.63. The van der Waals surface area contributed by atoms with Gasteiger partial charge in [-0.05, 0) is 41.8 Å². The summed E-state index contributed by atoms with van der Waals surface area (Å²) in [6.45, 7) is 1.73. The van der Waals surface area contributed by atoms with Crippen LogP contribution in [0, 0.1) is 5.92 Å². The zero-order valence-electron chi connectivity index (χ0n) is 10.9. The highest BCUT2D eigenvalue weighted by atomic mass is 16.1. The molecule has 1 aliphatic rings. The van der Waals surface area contributed by atoms with Gasteiger partial charge in [0.1, 0.15) is 6.54 Å². The van der Waals surface area contributed by atoms with Crippen molar-refractivity contribution in [1.82, 2.24) is 9.88 Å². The molecule has 1 aliphatic carbocycles. The first kappa shape index (κ1) is 12.2. The van der Waals surface area contributed by atoms with Crippen molar-refractivity contribution in [3.05, 3.63) is 36.0 Å². The van der Waals surface area contributed by atoms with E-state index in [0.29, 0.717) is 19.0 Å². The number of fused-ring (bicyclic) bond motifs is 1. The van der Waals surface area contributed by atoms with Crippen molar-refractivity contribution in [3.63, 3.8) is 0 Å². The summed E-state index contributed by atoms with van der Waals surface area (Å²) in [6, 6.07) is 8.17. The lowest BCUT2D eigenvalue weighted by Crippen LogP contribution is -2.29. The Balaban J connectivity index is 1.73. The first-order valence-corrected chi connectivity index (χ1v) is 6.81. The minimum atomic E-state index is 0.0857. The first-order valence-electron chi connectivity index (χ1n) is 6.81. The van der Waals surface area contributed by atoms with Crippen LogP contribution in [-0.4, -0.2) is 17.0 Å². The number of hydrogen-bond acceptors (Lipinski definition) is 2. The highest BCUT2D eigenvalue weighted by molar-refractivity contribution is 5.83. The van der Waals surface area contributed by atoms with Gasteiger partial charge in [0.15, 0.2) is 0 Å². The fourth-order valence-corrected chi connectivity index (χ4v) is 2.29. The van der Waals surface area contributed by atoms with Crippen molar-refractivity contribution in [2.45, 2.75) is 25.9 Å². The molecular weight excluding hydrogens is 238 g/mol. The van der Waals surface area contributed by atoms with Crippen LogP contribution in [0.1, 0.15) is 18.4 Å². The molecule has 0 bridgehead atoms. The van der Waals surface area contributed by atoms with Crippen molar-refractivity contribution >= 4 is 16.8 Å². The quantitative estimate of drug-likeness (QED) is 0.855. The zero-order valence-corrected chi connectivity index (χ0v) is 10.9. The summed E-state index contributed by atoms with van der Waals surface area (Å²) in [6.07, 6.45) is 4.47. The average molecular weight is 257 g/mol. The average Bonchev–Trinajstić information content (AvgIpc) is 3.18. The number of amides is 1. The van der Waals surface area contributed by atoms with Crippen molar-refractivity contribution in [1.29, 1.82) is 0 Å². The molecule has 4 heteroatoms. The summed E-state index contributed by atoms with van der Waals surface area (Å²) in [7, 11) is 0. The molecule has 1 heterocycles. The third kappa shape index (κ3) is 2.79. The van der Waals surface area contributed by atoms with Crippen LogP contribution < -0.4 is 11.1 Å². The van der Waals surface area contributed by atoms with Gasteiger partial charge < -0.3 is 15.6 Å². The van der Waals surface area contributed by atoms with Gasteiger partial charge in [-0.1, -0.05) is 12.1 Å². The Kier molecular flexibility index (Phi) is 3.25. The summed E-state index contributed by atoms with van der Waals surface area (Å²) >= 11 is 0. The van der Waals surface area contributed by atoms with E-state index in [2.05, 4.69) is 17.4 Å². The number of hydrogen-bond donors (Lipinski definition) is 2. The summed E-state index contributed by atoms with van der Waals surface area (Å²) in [5.74, 6) is 0.803. The Bertz CT molecular complexity index is 598. The third-order valence-corrected chi connectivity index (χ3v) is 3.67. The lowest BCUT2D eigenvalue weighted by molar-refractivity contribution is -0.121. The lowest BCUT2D eigenvalue weighted by Gasteiger charge is -2.07. The Hall–Kier alpha value is -1.81. The molecule has 0 atom stereocenters. The number of aromatic nitrogens is 1. The molecule has 0 aliphatic heterocycles. The number of nitrogens with zero attached hydrogens (tertiary/aromatic N) is 1. The van der Waals surface area contributed by atoms with Crippen LogP contribution in [0.5, 0.6) is 0 Å². The fourth-order valence-electron chi connectivity index (χ4n) is 2.29. The highest BCUT2D eigenvalue weighted by Gasteiger charge is 2.21. The van der Waals surface area contributed by atoms with Crippen LogP contribution >= 0.6 is 0 Å². The van der Waals surface area contributed by atoms with E-state index >= 15 is 0 Å². The standard InChI is InChI=1S/C15H19N3O/c16-8-12-3-4-13-5-6-18(14(13)7-12)10-15(19)17-9-11-1-2-11/h3-7,11H,1-2,8-10,16H2,(H,17,19). The molecule has 0 saturated heterocycles. The molecule has 2 aromatic rings. The third-order valence-electron chi connectivity index (χ3n) is 3.67. The summed E-state index contributed by atoms with van der Waals surface area (Å²) < 4.78 is 1.98. The molecule has 0 unspecified atom stereocenters. The van der Waals surface area contributed by atoms with Crippen LogP contribution in [0.15, 0.2) is 30.5 Å².